The highest BCUT2D eigenvalue weighted by molar-refractivity contribution is 6.31. The summed E-state index contributed by atoms with van der Waals surface area (Å²) in [5, 5.41) is 0.337. The van der Waals surface area contributed by atoms with Gasteiger partial charge in [-0.2, -0.15) is 0 Å². The zero-order valence-electron chi connectivity index (χ0n) is 14.0. The van der Waals surface area contributed by atoms with E-state index >= 15 is 0 Å². The van der Waals surface area contributed by atoms with Gasteiger partial charge in [0.25, 0.3) is 11.8 Å². The van der Waals surface area contributed by atoms with Crippen LogP contribution in [-0.4, -0.2) is 60.8 Å². The molecule has 1 aromatic rings. The number of rotatable bonds is 8. The van der Waals surface area contributed by atoms with Crippen LogP contribution >= 0.6 is 11.6 Å². The van der Waals surface area contributed by atoms with Crippen LogP contribution in [0, 0.1) is 0 Å². The van der Waals surface area contributed by atoms with Crippen molar-refractivity contribution in [1.29, 1.82) is 0 Å². The Morgan fingerprint density at radius 3 is 2.33 bits per heavy atom. The van der Waals surface area contributed by atoms with Crippen molar-refractivity contribution in [3.63, 3.8) is 0 Å². The molecule has 0 unspecified atom stereocenters. The number of carbonyl (C=O) groups is 3. The van der Waals surface area contributed by atoms with Gasteiger partial charge in [0, 0.05) is 25.2 Å². The Kier molecular flexibility index (Phi) is 7.51. The number of likely N-dealkylation sites (N-methyl/N-ethyl adjacent to an activating group) is 2. The first-order valence-electron chi connectivity index (χ1n) is 7.54. The van der Waals surface area contributed by atoms with E-state index in [9.17, 15) is 14.4 Å². The highest BCUT2D eigenvalue weighted by Crippen LogP contribution is 2.22. The smallest absolute Gasteiger partial charge is 0.260 e. The Morgan fingerprint density at radius 2 is 1.79 bits per heavy atom. The molecule has 0 heterocycles. The zero-order valence-corrected chi connectivity index (χ0v) is 14.8. The molecule has 8 heteroatoms. The summed E-state index contributed by atoms with van der Waals surface area (Å²) < 4.78 is 5.36. The second kappa shape index (κ2) is 9.12. The van der Waals surface area contributed by atoms with Gasteiger partial charge in [-0.1, -0.05) is 11.6 Å². The standard InChI is InChI=1S/C16H22ClN3O4/c1-4-20(5-2)14(21)9-19(3)15(22)10-24-13-7-6-11(17)8-12(13)16(18)23/h6-8H,4-5,9-10H2,1-3H3,(H2,18,23). The third-order valence-corrected chi connectivity index (χ3v) is 3.71. The van der Waals surface area contributed by atoms with Gasteiger partial charge in [-0.15, -0.1) is 0 Å². The van der Waals surface area contributed by atoms with Crippen molar-refractivity contribution in [2.75, 3.05) is 33.3 Å². The van der Waals surface area contributed by atoms with E-state index in [0.29, 0.717) is 18.1 Å². The summed E-state index contributed by atoms with van der Waals surface area (Å²) in [6.45, 7) is 4.56. The molecule has 0 saturated carbocycles. The maximum absolute atomic E-state index is 12.1. The van der Waals surface area contributed by atoms with Crippen LogP contribution in [0.5, 0.6) is 5.75 Å². The van der Waals surface area contributed by atoms with Gasteiger partial charge in [0.1, 0.15) is 5.75 Å². The molecule has 0 aliphatic heterocycles. The van der Waals surface area contributed by atoms with Gasteiger partial charge in [-0.05, 0) is 32.0 Å². The van der Waals surface area contributed by atoms with E-state index in [2.05, 4.69) is 0 Å². The Labute approximate surface area is 146 Å². The lowest BCUT2D eigenvalue weighted by Crippen LogP contribution is -2.42. The molecule has 7 nitrogen and oxygen atoms in total. The van der Waals surface area contributed by atoms with Crippen LogP contribution in [0.1, 0.15) is 24.2 Å². The summed E-state index contributed by atoms with van der Waals surface area (Å²) in [6, 6.07) is 4.37. The number of nitrogens with two attached hydrogens (primary N) is 1. The summed E-state index contributed by atoms with van der Waals surface area (Å²) in [5.41, 5.74) is 5.35. The summed E-state index contributed by atoms with van der Waals surface area (Å²) in [4.78, 5) is 38.4. The fraction of sp³-hybridized carbons (Fsp3) is 0.438. The van der Waals surface area contributed by atoms with Crippen molar-refractivity contribution in [3.05, 3.63) is 28.8 Å². The predicted octanol–water partition coefficient (Wildman–Crippen LogP) is 1.14. The fourth-order valence-corrected chi connectivity index (χ4v) is 2.21. The highest BCUT2D eigenvalue weighted by Gasteiger charge is 2.18. The van der Waals surface area contributed by atoms with Gasteiger partial charge >= 0.3 is 0 Å². The molecule has 0 bridgehead atoms. The van der Waals surface area contributed by atoms with Crippen LogP contribution < -0.4 is 10.5 Å². The lowest BCUT2D eigenvalue weighted by atomic mass is 10.2. The number of hydrogen-bond acceptors (Lipinski definition) is 4. The normalized spacial score (nSPS) is 10.2. The molecule has 1 aromatic carbocycles. The van der Waals surface area contributed by atoms with Gasteiger partial charge in [-0.25, -0.2) is 0 Å². The van der Waals surface area contributed by atoms with Gasteiger partial charge in [0.2, 0.25) is 5.91 Å². The van der Waals surface area contributed by atoms with Gasteiger partial charge in [-0.3, -0.25) is 14.4 Å². The van der Waals surface area contributed by atoms with Crippen molar-refractivity contribution < 1.29 is 19.1 Å². The average Bonchev–Trinajstić information content (AvgIpc) is 2.54. The first-order valence-corrected chi connectivity index (χ1v) is 7.91. The molecule has 24 heavy (non-hydrogen) atoms. The largest absolute Gasteiger partial charge is 0.483 e. The molecule has 0 fully saturated rings. The van der Waals surface area contributed by atoms with Crippen LogP contribution in [0.2, 0.25) is 5.02 Å². The molecule has 3 amide bonds. The third-order valence-electron chi connectivity index (χ3n) is 3.47. The van der Waals surface area contributed by atoms with Crippen molar-refractivity contribution in [3.8, 4) is 5.75 Å². The number of carbonyl (C=O) groups excluding carboxylic acids is 3. The molecule has 0 radical (unpaired) electrons. The zero-order chi connectivity index (χ0) is 18.3. The Bertz CT molecular complexity index is 617. The number of ether oxygens (including phenoxy) is 1. The summed E-state index contributed by atoms with van der Waals surface area (Å²) in [7, 11) is 1.52. The Hall–Kier alpha value is -2.28. The first kappa shape index (κ1) is 19.8. The van der Waals surface area contributed by atoms with E-state index in [4.69, 9.17) is 22.1 Å². The second-order valence-corrected chi connectivity index (χ2v) is 5.55. The molecule has 132 valence electrons. The lowest BCUT2D eigenvalue weighted by Gasteiger charge is -2.23. The van der Waals surface area contributed by atoms with E-state index in [1.807, 2.05) is 13.8 Å². The van der Waals surface area contributed by atoms with Gasteiger partial charge in [0.15, 0.2) is 6.61 Å². The molecule has 2 N–H and O–H groups in total. The SMILES string of the molecule is CCN(CC)C(=O)CN(C)C(=O)COc1ccc(Cl)cc1C(N)=O. The van der Waals surface area contributed by atoms with E-state index in [1.165, 1.54) is 30.1 Å². The number of amides is 3. The number of primary amides is 1. The van der Waals surface area contributed by atoms with Crippen LogP contribution in [0.25, 0.3) is 0 Å². The minimum absolute atomic E-state index is 0.0346. The summed E-state index contributed by atoms with van der Waals surface area (Å²) in [6.07, 6.45) is 0. The van der Waals surface area contributed by atoms with Crippen LogP contribution in [0.15, 0.2) is 18.2 Å². The van der Waals surface area contributed by atoms with E-state index in [0.717, 1.165) is 0 Å². The third kappa shape index (κ3) is 5.42. The predicted molar refractivity (Wildman–Crippen MR) is 91.0 cm³/mol. The number of benzene rings is 1. The molecule has 0 aromatic heterocycles. The lowest BCUT2D eigenvalue weighted by molar-refractivity contribution is -0.140. The minimum atomic E-state index is -0.704. The van der Waals surface area contributed by atoms with Gasteiger partial charge in [0.05, 0.1) is 12.1 Å². The molecule has 0 aliphatic carbocycles. The average molecular weight is 356 g/mol. The maximum Gasteiger partial charge on any atom is 0.260 e. The van der Waals surface area contributed by atoms with E-state index in [1.54, 1.807) is 4.90 Å². The Morgan fingerprint density at radius 1 is 1.17 bits per heavy atom. The molecule has 0 spiro atoms. The molecule has 0 aliphatic rings. The quantitative estimate of drug-likeness (QED) is 0.756. The van der Waals surface area contributed by atoms with Crippen molar-refractivity contribution in [2.24, 2.45) is 5.73 Å². The Balaban J connectivity index is 2.66. The number of hydrogen-bond donors (Lipinski definition) is 1. The molecule has 1 rings (SSSR count). The maximum atomic E-state index is 12.1. The fourth-order valence-electron chi connectivity index (χ4n) is 2.04. The molecular formula is C16H22ClN3O4. The van der Waals surface area contributed by atoms with Crippen molar-refractivity contribution in [2.45, 2.75) is 13.8 Å². The number of nitrogens with zero attached hydrogens (tertiary/aromatic N) is 2. The monoisotopic (exact) mass is 355 g/mol. The minimum Gasteiger partial charge on any atom is -0.483 e. The first-order chi connectivity index (χ1) is 11.3. The topological polar surface area (TPSA) is 92.9 Å². The van der Waals surface area contributed by atoms with Gasteiger partial charge < -0.3 is 20.3 Å². The second-order valence-electron chi connectivity index (χ2n) is 5.11. The molecular weight excluding hydrogens is 334 g/mol. The number of halogens is 1. The van der Waals surface area contributed by atoms with Crippen molar-refractivity contribution in [1.82, 2.24) is 9.80 Å². The van der Waals surface area contributed by atoms with Crippen molar-refractivity contribution >= 4 is 29.3 Å². The van der Waals surface area contributed by atoms with E-state index < -0.39 is 5.91 Å². The van der Waals surface area contributed by atoms with Crippen LogP contribution in [0.3, 0.4) is 0 Å². The summed E-state index contributed by atoms with van der Waals surface area (Å²) >= 11 is 5.81. The molecule has 0 atom stereocenters. The highest BCUT2D eigenvalue weighted by atomic mass is 35.5. The summed E-state index contributed by atoms with van der Waals surface area (Å²) in [5.74, 6) is -1.06. The van der Waals surface area contributed by atoms with E-state index in [-0.39, 0.29) is 36.3 Å². The van der Waals surface area contributed by atoms with Crippen LogP contribution in [-0.2, 0) is 9.59 Å². The molecule has 0 saturated heterocycles. The van der Waals surface area contributed by atoms with Crippen LogP contribution in [0.4, 0.5) is 0 Å².